The predicted molar refractivity (Wildman–Crippen MR) is 63.9 cm³/mol. The number of thioether (sulfide) groups is 1. The number of alkyl halides is 3. The van der Waals surface area contributed by atoms with Gasteiger partial charge in [0, 0.05) is 18.6 Å². The molecule has 1 fully saturated rings. The van der Waals surface area contributed by atoms with E-state index in [1.54, 1.807) is 0 Å². The quantitative estimate of drug-likeness (QED) is 0.787. The summed E-state index contributed by atoms with van der Waals surface area (Å²) in [5.41, 5.74) is -0.825. The summed E-state index contributed by atoms with van der Waals surface area (Å²) >= 11 is 7.12. The van der Waals surface area contributed by atoms with Crippen LogP contribution in [0.25, 0.3) is 0 Å². The molecule has 1 aromatic heterocycles. The van der Waals surface area contributed by atoms with Gasteiger partial charge in [-0.2, -0.15) is 13.2 Å². The first-order chi connectivity index (χ1) is 8.47. The van der Waals surface area contributed by atoms with Crippen LogP contribution in [-0.2, 0) is 10.9 Å². The van der Waals surface area contributed by atoms with Gasteiger partial charge in [0.05, 0.1) is 16.7 Å². The van der Waals surface area contributed by atoms with E-state index in [4.69, 9.17) is 16.3 Å². The lowest BCUT2D eigenvalue weighted by Crippen LogP contribution is -2.09. The molecule has 1 atom stereocenters. The van der Waals surface area contributed by atoms with E-state index in [2.05, 4.69) is 4.98 Å². The van der Waals surface area contributed by atoms with Crippen molar-refractivity contribution in [1.29, 1.82) is 0 Å². The van der Waals surface area contributed by atoms with Crippen LogP contribution in [0, 0.1) is 0 Å². The largest absolute Gasteiger partial charge is 0.417 e. The van der Waals surface area contributed by atoms with Crippen molar-refractivity contribution in [2.45, 2.75) is 30.1 Å². The topological polar surface area (TPSA) is 22.1 Å². The summed E-state index contributed by atoms with van der Waals surface area (Å²) < 4.78 is 42.6. The van der Waals surface area contributed by atoms with E-state index < -0.39 is 11.7 Å². The Labute approximate surface area is 112 Å². The van der Waals surface area contributed by atoms with Gasteiger partial charge in [0.1, 0.15) is 5.03 Å². The maximum Gasteiger partial charge on any atom is 0.417 e. The van der Waals surface area contributed by atoms with Gasteiger partial charge in [0.2, 0.25) is 0 Å². The zero-order valence-corrected chi connectivity index (χ0v) is 10.9. The molecule has 18 heavy (non-hydrogen) atoms. The molecule has 2 nitrogen and oxygen atoms in total. The van der Waals surface area contributed by atoms with Crippen molar-refractivity contribution >= 4 is 23.4 Å². The van der Waals surface area contributed by atoms with E-state index in [-0.39, 0.29) is 11.1 Å². The summed E-state index contributed by atoms with van der Waals surface area (Å²) in [4.78, 5) is 3.76. The molecule has 1 aliphatic rings. The first-order valence-electron chi connectivity index (χ1n) is 5.44. The highest BCUT2D eigenvalue weighted by atomic mass is 35.5. The minimum absolute atomic E-state index is 0.0350. The molecule has 1 aliphatic heterocycles. The molecule has 1 saturated heterocycles. The molecule has 0 amide bonds. The van der Waals surface area contributed by atoms with E-state index >= 15 is 0 Å². The fourth-order valence-electron chi connectivity index (χ4n) is 1.63. The molecule has 0 saturated carbocycles. The molecule has 0 aliphatic carbocycles. The average Bonchev–Trinajstić information content (AvgIpc) is 2.79. The Morgan fingerprint density at radius 2 is 2.28 bits per heavy atom. The molecule has 2 heterocycles. The monoisotopic (exact) mass is 297 g/mol. The standard InChI is InChI=1S/C11H11ClF3NOS/c12-9-4-7(11(13,14)15)5-16-10(9)18-6-8-2-1-3-17-8/h4-5,8H,1-3,6H2. The molecular formula is C11H11ClF3NOS. The maximum atomic E-state index is 12.4. The fraction of sp³-hybridized carbons (Fsp3) is 0.545. The Morgan fingerprint density at radius 3 is 2.83 bits per heavy atom. The van der Waals surface area contributed by atoms with Crippen LogP contribution in [0.4, 0.5) is 13.2 Å². The molecular weight excluding hydrogens is 287 g/mol. The second-order valence-corrected chi connectivity index (χ2v) is 5.37. The molecule has 0 spiro atoms. The number of ether oxygens (including phenoxy) is 1. The van der Waals surface area contributed by atoms with Gasteiger partial charge in [-0.15, -0.1) is 11.8 Å². The second-order valence-electron chi connectivity index (χ2n) is 3.95. The lowest BCUT2D eigenvalue weighted by atomic mass is 10.3. The van der Waals surface area contributed by atoms with E-state index in [1.807, 2.05) is 0 Å². The minimum atomic E-state index is -4.41. The zero-order chi connectivity index (χ0) is 13.2. The van der Waals surface area contributed by atoms with E-state index in [1.165, 1.54) is 11.8 Å². The lowest BCUT2D eigenvalue weighted by Gasteiger charge is -2.11. The Hall–Kier alpha value is -0.460. The molecule has 2 rings (SSSR count). The van der Waals surface area contributed by atoms with Crippen molar-refractivity contribution in [3.05, 3.63) is 22.8 Å². The highest BCUT2D eigenvalue weighted by molar-refractivity contribution is 7.99. The van der Waals surface area contributed by atoms with E-state index in [0.717, 1.165) is 31.7 Å². The highest BCUT2D eigenvalue weighted by Gasteiger charge is 2.31. The van der Waals surface area contributed by atoms with Crippen LogP contribution in [-0.4, -0.2) is 23.4 Å². The SMILES string of the molecule is FC(F)(F)c1cnc(SCC2CCCO2)c(Cl)c1. The molecule has 0 bridgehead atoms. The van der Waals surface area contributed by atoms with Crippen LogP contribution < -0.4 is 0 Å². The first kappa shape index (κ1) is 14.0. The average molecular weight is 298 g/mol. The van der Waals surface area contributed by atoms with Gasteiger partial charge in [0.15, 0.2) is 0 Å². The van der Waals surface area contributed by atoms with Gasteiger partial charge in [-0.1, -0.05) is 11.6 Å². The number of rotatable bonds is 3. The van der Waals surface area contributed by atoms with Crippen LogP contribution >= 0.6 is 23.4 Å². The molecule has 1 unspecified atom stereocenters. The summed E-state index contributed by atoms with van der Waals surface area (Å²) in [7, 11) is 0. The lowest BCUT2D eigenvalue weighted by molar-refractivity contribution is -0.137. The van der Waals surface area contributed by atoms with Gasteiger partial charge in [-0.25, -0.2) is 4.98 Å². The van der Waals surface area contributed by atoms with Crippen LogP contribution in [0.15, 0.2) is 17.3 Å². The van der Waals surface area contributed by atoms with Crippen molar-refractivity contribution in [2.75, 3.05) is 12.4 Å². The van der Waals surface area contributed by atoms with Crippen molar-refractivity contribution in [3.63, 3.8) is 0 Å². The Kier molecular flexibility index (Phi) is 4.40. The second kappa shape index (κ2) is 5.67. The summed E-state index contributed by atoms with van der Waals surface area (Å²) in [6.45, 7) is 0.749. The van der Waals surface area contributed by atoms with Crippen molar-refractivity contribution < 1.29 is 17.9 Å². The summed E-state index contributed by atoms with van der Waals surface area (Å²) in [5, 5.41) is 0.452. The first-order valence-corrected chi connectivity index (χ1v) is 6.80. The van der Waals surface area contributed by atoms with Crippen LogP contribution in [0.2, 0.25) is 5.02 Å². The number of aromatic nitrogens is 1. The number of hydrogen-bond acceptors (Lipinski definition) is 3. The van der Waals surface area contributed by atoms with Crippen LogP contribution in [0.3, 0.4) is 0 Å². The molecule has 0 N–H and O–H groups in total. The van der Waals surface area contributed by atoms with Crippen LogP contribution in [0.1, 0.15) is 18.4 Å². The zero-order valence-electron chi connectivity index (χ0n) is 9.34. The third-order valence-electron chi connectivity index (χ3n) is 2.56. The fourth-order valence-corrected chi connectivity index (χ4v) is 2.89. The number of pyridine rings is 1. The van der Waals surface area contributed by atoms with Gasteiger partial charge >= 0.3 is 6.18 Å². The summed E-state index contributed by atoms with van der Waals surface area (Å²) in [5.74, 6) is 0.665. The highest BCUT2D eigenvalue weighted by Crippen LogP contribution is 2.34. The third-order valence-corrected chi connectivity index (χ3v) is 4.10. The number of halogens is 4. The van der Waals surface area contributed by atoms with Gasteiger partial charge in [-0.3, -0.25) is 0 Å². The van der Waals surface area contributed by atoms with Crippen molar-refractivity contribution in [1.82, 2.24) is 4.98 Å². The molecule has 0 aromatic carbocycles. The normalized spacial score (nSPS) is 20.3. The molecule has 100 valence electrons. The van der Waals surface area contributed by atoms with Crippen molar-refractivity contribution in [2.24, 2.45) is 0 Å². The Morgan fingerprint density at radius 1 is 1.50 bits per heavy atom. The third kappa shape index (κ3) is 3.52. The smallest absolute Gasteiger partial charge is 0.377 e. The Bertz CT molecular complexity index is 421. The maximum absolute atomic E-state index is 12.4. The number of hydrogen-bond donors (Lipinski definition) is 0. The van der Waals surface area contributed by atoms with Gasteiger partial charge in [-0.05, 0) is 18.9 Å². The molecule has 7 heteroatoms. The predicted octanol–water partition coefficient (Wildman–Crippen LogP) is 4.02. The van der Waals surface area contributed by atoms with Gasteiger partial charge in [0.25, 0.3) is 0 Å². The van der Waals surface area contributed by atoms with Gasteiger partial charge < -0.3 is 4.74 Å². The van der Waals surface area contributed by atoms with E-state index in [9.17, 15) is 13.2 Å². The van der Waals surface area contributed by atoms with Crippen LogP contribution in [0.5, 0.6) is 0 Å². The number of nitrogens with zero attached hydrogens (tertiary/aromatic N) is 1. The molecule has 0 radical (unpaired) electrons. The van der Waals surface area contributed by atoms with E-state index in [0.29, 0.717) is 10.8 Å². The minimum Gasteiger partial charge on any atom is -0.377 e. The molecule has 1 aromatic rings. The Balaban J connectivity index is 2.01. The summed E-state index contributed by atoms with van der Waals surface area (Å²) in [6, 6.07) is 0.909. The summed E-state index contributed by atoms with van der Waals surface area (Å²) in [6.07, 6.45) is -1.45. The van der Waals surface area contributed by atoms with Crippen molar-refractivity contribution in [3.8, 4) is 0 Å².